The van der Waals surface area contributed by atoms with Crippen LogP contribution in [0.25, 0.3) is 0 Å². The van der Waals surface area contributed by atoms with Gasteiger partial charge < -0.3 is 17.0 Å². The third-order valence-electron chi connectivity index (χ3n) is 4.13. The molecule has 3 heteroatoms. The van der Waals surface area contributed by atoms with Crippen LogP contribution in [0.4, 0.5) is 0 Å². The van der Waals surface area contributed by atoms with Crippen molar-refractivity contribution in [3.63, 3.8) is 0 Å². The Labute approximate surface area is 126 Å². The van der Waals surface area contributed by atoms with Gasteiger partial charge >= 0.3 is 0 Å². The Balaban J connectivity index is 0.00000133. The molecule has 0 spiro atoms. The van der Waals surface area contributed by atoms with Crippen molar-refractivity contribution in [3.8, 4) is 0 Å². The fourth-order valence-corrected chi connectivity index (χ4v) is 3.20. The van der Waals surface area contributed by atoms with Gasteiger partial charge in [-0.15, -0.1) is 0 Å². The van der Waals surface area contributed by atoms with Crippen LogP contribution in [0, 0.1) is 0 Å². The van der Waals surface area contributed by atoms with Crippen LogP contribution in [-0.4, -0.2) is 34.9 Å². The molecule has 0 aliphatic carbocycles. The minimum Gasteiger partial charge on any atom is -1.00 e. The molecular formula is C16H23BrN2. The van der Waals surface area contributed by atoms with Gasteiger partial charge in [0.15, 0.2) is 0 Å². The molecule has 2 aliphatic heterocycles. The summed E-state index contributed by atoms with van der Waals surface area (Å²) in [5.74, 6) is 1.61. The summed E-state index contributed by atoms with van der Waals surface area (Å²) in [6.07, 6.45) is 6.75. The van der Waals surface area contributed by atoms with Crippen molar-refractivity contribution in [3.05, 3.63) is 35.9 Å². The van der Waals surface area contributed by atoms with Gasteiger partial charge in [0, 0.05) is 12.8 Å². The van der Waals surface area contributed by atoms with E-state index in [4.69, 9.17) is 0 Å². The van der Waals surface area contributed by atoms with Gasteiger partial charge in [-0.05, 0) is 24.8 Å². The number of nitrogens with zero attached hydrogens (tertiary/aromatic N) is 2. The first kappa shape index (κ1) is 14.6. The third kappa shape index (κ3) is 3.59. The first-order valence-electron chi connectivity index (χ1n) is 7.33. The molecule has 2 nitrogen and oxygen atoms in total. The first-order valence-corrected chi connectivity index (χ1v) is 7.33. The summed E-state index contributed by atoms with van der Waals surface area (Å²) < 4.78 is 2.64. The minimum absolute atomic E-state index is 0. The fourth-order valence-electron chi connectivity index (χ4n) is 3.20. The van der Waals surface area contributed by atoms with Crippen molar-refractivity contribution in [1.82, 2.24) is 4.90 Å². The summed E-state index contributed by atoms with van der Waals surface area (Å²) in [5.41, 5.74) is 1.44. The molecule has 1 aromatic carbocycles. The predicted molar refractivity (Wildman–Crippen MR) is 74.9 cm³/mol. The van der Waals surface area contributed by atoms with E-state index in [0.29, 0.717) is 0 Å². The monoisotopic (exact) mass is 322 g/mol. The Morgan fingerprint density at radius 2 is 1.74 bits per heavy atom. The Hall–Kier alpha value is -0.830. The fraction of sp³-hybridized carbons (Fsp3) is 0.562. The lowest BCUT2D eigenvalue weighted by Gasteiger charge is -2.26. The molecule has 0 amide bonds. The van der Waals surface area contributed by atoms with Crippen LogP contribution in [0.2, 0.25) is 0 Å². The highest BCUT2D eigenvalue weighted by atomic mass is 79.9. The van der Waals surface area contributed by atoms with Gasteiger partial charge in [0.2, 0.25) is 5.84 Å². The molecule has 0 bridgehead atoms. The lowest BCUT2D eigenvalue weighted by Crippen LogP contribution is -3.00. The van der Waals surface area contributed by atoms with Crippen LogP contribution in [-0.2, 0) is 6.54 Å². The van der Waals surface area contributed by atoms with Crippen LogP contribution >= 0.6 is 0 Å². The first-order chi connectivity index (χ1) is 8.93. The molecule has 104 valence electrons. The Morgan fingerprint density at radius 1 is 0.947 bits per heavy atom. The van der Waals surface area contributed by atoms with Crippen molar-refractivity contribution in [2.75, 3.05) is 19.6 Å². The molecule has 19 heavy (non-hydrogen) atoms. The zero-order valence-corrected chi connectivity index (χ0v) is 13.1. The highest BCUT2D eigenvalue weighted by molar-refractivity contribution is 5.78. The van der Waals surface area contributed by atoms with Crippen molar-refractivity contribution < 1.29 is 21.6 Å². The van der Waals surface area contributed by atoms with Gasteiger partial charge in [0.1, 0.15) is 6.54 Å². The standard InChI is InChI=1S/C16H23N2.BrH/c1-3-8-15(9-4-1)14-18-13-7-12-17-11-6-2-5-10-16(17)18;/h1,3-4,8-9H,2,5-7,10-14H2;1H/q+1;/p-1. The van der Waals surface area contributed by atoms with Crippen molar-refractivity contribution in [2.24, 2.45) is 0 Å². The van der Waals surface area contributed by atoms with Gasteiger partial charge in [0.25, 0.3) is 0 Å². The van der Waals surface area contributed by atoms with E-state index >= 15 is 0 Å². The second-order valence-electron chi connectivity index (χ2n) is 5.47. The third-order valence-corrected chi connectivity index (χ3v) is 4.13. The molecule has 2 heterocycles. The molecule has 0 atom stereocenters. The average molecular weight is 323 g/mol. The second-order valence-corrected chi connectivity index (χ2v) is 5.47. The topological polar surface area (TPSA) is 6.25 Å². The molecule has 1 aromatic rings. The van der Waals surface area contributed by atoms with E-state index in [9.17, 15) is 0 Å². The minimum atomic E-state index is 0. The number of amidine groups is 1. The number of halogens is 1. The van der Waals surface area contributed by atoms with Crippen molar-refractivity contribution >= 4 is 5.84 Å². The Morgan fingerprint density at radius 3 is 2.58 bits per heavy atom. The van der Waals surface area contributed by atoms with E-state index < -0.39 is 0 Å². The maximum atomic E-state index is 2.64. The van der Waals surface area contributed by atoms with Crippen LogP contribution in [0.1, 0.15) is 37.7 Å². The highest BCUT2D eigenvalue weighted by Gasteiger charge is 2.28. The van der Waals surface area contributed by atoms with Crippen LogP contribution in [0.3, 0.4) is 0 Å². The van der Waals surface area contributed by atoms with E-state index in [2.05, 4.69) is 39.8 Å². The molecule has 3 rings (SSSR count). The van der Waals surface area contributed by atoms with E-state index in [1.807, 2.05) is 0 Å². The van der Waals surface area contributed by atoms with Gasteiger partial charge in [-0.2, -0.15) is 0 Å². The zero-order valence-electron chi connectivity index (χ0n) is 11.5. The predicted octanol–water partition coefficient (Wildman–Crippen LogP) is -0.119. The quantitative estimate of drug-likeness (QED) is 0.688. The lowest BCUT2D eigenvalue weighted by molar-refractivity contribution is -0.539. The molecule has 0 fully saturated rings. The Bertz CT molecular complexity index is 428. The molecule has 0 unspecified atom stereocenters. The molecule has 0 N–H and O–H groups in total. The normalized spacial score (nSPS) is 19.5. The molecule has 0 saturated heterocycles. The lowest BCUT2D eigenvalue weighted by atomic mass is 10.1. The Kier molecular flexibility index (Phi) is 5.44. The molecule has 0 radical (unpaired) electrons. The number of hydrogen-bond acceptors (Lipinski definition) is 1. The second kappa shape index (κ2) is 7.09. The van der Waals surface area contributed by atoms with E-state index in [1.165, 1.54) is 57.3 Å². The van der Waals surface area contributed by atoms with Gasteiger partial charge in [-0.1, -0.05) is 30.3 Å². The average Bonchev–Trinajstić information content (AvgIpc) is 2.66. The van der Waals surface area contributed by atoms with E-state index in [0.717, 1.165) is 6.54 Å². The molecule has 0 saturated carbocycles. The summed E-state index contributed by atoms with van der Waals surface area (Å²) in [6, 6.07) is 10.9. The van der Waals surface area contributed by atoms with Crippen LogP contribution in [0.15, 0.2) is 30.3 Å². The van der Waals surface area contributed by atoms with Crippen LogP contribution in [0.5, 0.6) is 0 Å². The summed E-state index contributed by atoms with van der Waals surface area (Å²) in [5, 5.41) is 0. The molecule has 0 aromatic heterocycles. The SMILES string of the molecule is [Br-].c1ccc(CN2CCC[N+]3=C2CCCCC3)cc1. The molecular weight excluding hydrogens is 300 g/mol. The van der Waals surface area contributed by atoms with Crippen molar-refractivity contribution in [1.29, 1.82) is 0 Å². The van der Waals surface area contributed by atoms with Crippen molar-refractivity contribution in [2.45, 2.75) is 38.6 Å². The highest BCUT2D eigenvalue weighted by Crippen LogP contribution is 2.17. The van der Waals surface area contributed by atoms with Gasteiger partial charge in [0.05, 0.1) is 19.6 Å². The maximum absolute atomic E-state index is 2.64. The summed E-state index contributed by atoms with van der Waals surface area (Å²) in [4.78, 5) is 2.62. The number of hydrogen-bond donors (Lipinski definition) is 0. The number of rotatable bonds is 2. The molecule has 2 aliphatic rings. The van der Waals surface area contributed by atoms with Gasteiger partial charge in [-0.25, -0.2) is 0 Å². The largest absolute Gasteiger partial charge is 1.00 e. The summed E-state index contributed by atoms with van der Waals surface area (Å²) in [7, 11) is 0. The summed E-state index contributed by atoms with van der Waals surface area (Å²) >= 11 is 0. The van der Waals surface area contributed by atoms with E-state index in [1.54, 1.807) is 5.84 Å². The smallest absolute Gasteiger partial charge is 0.247 e. The summed E-state index contributed by atoms with van der Waals surface area (Å²) in [6.45, 7) is 4.88. The van der Waals surface area contributed by atoms with E-state index in [-0.39, 0.29) is 17.0 Å². The van der Waals surface area contributed by atoms with Gasteiger partial charge in [-0.3, -0.25) is 9.48 Å². The number of benzene rings is 1. The maximum Gasteiger partial charge on any atom is 0.247 e. The zero-order chi connectivity index (χ0) is 12.2. The van der Waals surface area contributed by atoms with Crippen LogP contribution < -0.4 is 17.0 Å².